The van der Waals surface area contributed by atoms with Gasteiger partial charge in [-0.1, -0.05) is 29.4 Å². The van der Waals surface area contributed by atoms with Gasteiger partial charge in [0.15, 0.2) is 22.5 Å². The summed E-state index contributed by atoms with van der Waals surface area (Å²) in [5.41, 5.74) is 0.994. The molecule has 3 rings (SSSR count). The minimum Gasteiger partial charge on any atom is -0.459 e. The molecule has 0 bridgehead atoms. The molecule has 1 aliphatic heterocycles. The third-order valence-corrected chi connectivity index (χ3v) is 4.89. The molecule has 0 unspecified atom stereocenters. The lowest BCUT2D eigenvalue weighted by atomic mass is 10.2. The summed E-state index contributed by atoms with van der Waals surface area (Å²) in [6.07, 6.45) is 1.29. The first-order chi connectivity index (χ1) is 13.8. The van der Waals surface area contributed by atoms with Gasteiger partial charge in [0.1, 0.15) is 0 Å². The number of carbonyl (C=O) groups is 3. The van der Waals surface area contributed by atoms with E-state index < -0.39 is 23.4 Å². The fraction of sp³-hybridized carbons (Fsp3) is 0.111. The van der Waals surface area contributed by atoms with Crippen LogP contribution in [-0.2, 0) is 9.59 Å². The maximum Gasteiger partial charge on any atom is 0.313 e. The Balaban J connectivity index is 1.60. The van der Waals surface area contributed by atoms with Gasteiger partial charge in [-0.2, -0.15) is 4.99 Å². The van der Waals surface area contributed by atoms with E-state index in [9.17, 15) is 14.4 Å². The number of nitrogens with one attached hydrogen (secondary N) is 3. The Kier molecular flexibility index (Phi) is 6.25. The van der Waals surface area contributed by atoms with Crippen LogP contribution in [0, 0.1) is 12.3 Å². The average Bonchev–Trinajstić information content (AvgIpc) is 3.21. The lowest BCUT2D eigenvalue weighted by Crippen LogP contribution is -2.43. The molecule has 0 saturated heterocycles. The zero-order valence-corrected chi connectivity index (χ0v) is 16.6. The Morgan fingerprint density at radius 2 is 2.17 bits per heavy atom. The summed E-state index contributed by atoms with van der Waals surface area (Å²) in [6, 6.07) is 8.03. The lowest BCUT2D eigenvalue weighted by molar-refractivity contribution is -0.114. The molecule has 3 N–H and O–H groups in total. The van der Waals surface area contributed by atoms with Crippen molar-refractivity contribution in [3.63, 3.8) is 0 Å². The molecular formula is C18H14ClN5O4S. The number of halogens is 1. The van der Waals surface area contributed by atoms with E-state index in [-0.39, 0.29) is 22.6 Å². The maximum absolute atomic E-state index is 12.2. The van der Waals surface area contributed by atoms with Crippen LogP contribution in [0.2, 0.25) is 5.02 Å². The van der Waals surface area contributed by atoms with Crippen LogP contribution in [0.4, 0.5) is 5.69 Å². The first-order valence-electron chi connectivity index (χ1n) is 8.18. The molecule has 0 saturated carbocycles. The van der Waals surface area contributed by atoms with Crippen molar-refractivity contribution in [1.29, 1.82) is 5.41 Å². The highest BCUT2D eigenvalue weighted by Gasteiger charge is 2.26. The number of nitrogens with zero attached hydrogens (tertiary/aromatic N) is 2. The molecule has 29 heavy (non-hydrogen) atoms. The number of amidine groups is 2. The van der Waals surface area contributed by atoms with E-state index in [4.69, 9.17) is 21.4 Å². The van der Waals surface area contributed by atoms with Crippen LogP contribution in [0.1, 0.15) is 16.1 Å². The number of hydrogen-bond acceptors (Lipinski definition) is 6. The molecule has 11 heteroatoms. The van der Waals surface area contributed by atoms with Crippen LogP contribution in [0.15, 0.2) is 51.0 Å². The second-order valence-electron chi connectivity index (χ2n) is 5.76. The van der Waals surface area contributed by atoms with E-state index in [1.54, 1.807) is 18.2 Å². The Morgan fingerprint density at radius 1 is 1.38 bits per heavy atom. The summed E-state index contributed by atoms with van der Waals surface area (Å²) in [6.45, 7) is 1.85. The van der Waals surface area contributed by atoms with Gasteiger partial charge >= 0.3 is 5.91 Å². The molecule has 1 aromatic carbocycles. The number of benzene rings is 1. The van der Waals surface area contributed by atoms with Crippen LogP contribution in [0.3, 0.4) is 0 Å². The Hall–Kier alpha value is -3.24. The maximum atomic E-state index is 12.2. The third kappa shape index (κ3) is 5.18. The van der Waals surface area contributed by atoms with Gasteiger partial charge in [0.2, 0.25) is 5.91 Å². The van der Waals surface area contributed by atoms with Crippen molar-refractivity contribution in [2.45, 2.75) is 6.92 Å². The molecule has 2 aromatic rings. The van der Waals surface area contributed by atoms with Gasteiger partial charge in [0.25, 0.3) is 5.91 Å². The predicted molar refractivity (Wildman–Crippen MR) is 111 cm³/mol. The van der Waals surface area contributed by atoms with Gasteiger partial charge < -0.3 is 9.73 Å². The van der Waals surface area contributed by atoms with Crippen LogP contribution in [-0.4, -0.2) is 40.2 Å². The Labute approximate surface area is 174 Å². The van der Waals surface area contributed by atoms with E-state index in [0.29, 0.717) is 10.7 Å². The highest BCUT2D eigenvalue weighted by atomic mass is 35.5. The highest BCUT2D eigenvalue weighted by molar-refractivity contribution is 8.14. The molecule has 3 amide bonds. The normalized spacial score (nSPS) is 15.1. The van der Waals surface area contributed by atoms with Gasteiger partial charge in [-0.3, -0.25) is 25.1 Å². The minimum atomic E-state index is -0.799. The number of aryl methyl sites for hydroxylation is 1. The van der Waals surface area contributed by atoms with Crippen molar-refractivity contribution in [3.05, 3.63) is 52.9 Å². The van der Waals surface area contributed by atoms with Crippen molar-refractivity contribution in [2.24, 2.45) is 9.98 Å². The third-order valence-electron chi connectivity index (χ3n) is 3.61. The second kappa shape index (κ2) is 8.84. The predicted octanol–water partition coefficient (Wildman–Crippen LogP) is 2.66. The molecule has 0 aliphatic carbocycles. The zero-order valence-electron chi connectivity index (χ0n) is 15.0. The smallest absolute Gasteiger partial charge is 0.313 e. The molecule has 148 valence electrons. The molecule has 2 heterocycles. The van der Waals surface area contributed by atoms with Gasteiger partial charge in [-0.15, -0.1) is 0 Å². The second-order valence-corrected chi connectivity index (χ2v) is 7.13. The number of aliphatic imine (C=N–C) groups is 2. The Morgan fingerprint density at radius 3 is 2.83 bits per heavy atom. The number of furan rings is 1. The van der Waals surface area contributed by atoms with Crippen molar-refractivity contribution in [2.75, 3.05) is 11.1 Å². The number of amides is 3. The molecular weight excluding hydrogens is 418 g/mol. The van der Waals surface area contributed by atoms with Crippen molar-refractivity contribution in [3.8, 4) is 0 Å². The Bertz CT molecular complexity index is 1060. The largest absolute Gasteiger partial charge is 0.459 e. The van der Waals surface area contributed by atoms with Gasteiger partial charge in [0.05, 0.1) is 12.0 Å². The molecule has 9 nitrogen and oxygen atoms in total. The summed E-state index contributed by atoms with van der Waals surface area (Å²) in [7, 11) is 0. The molecule has 0 spiro atoms. The summed E-state index contributed by atoms with van der Waals surface area (Å²) < 4.78 is 4.90. The number of thioether (sulfide) groups is 1. The first kappa shape index (κ1) is 20.5. The van der Waals surface area contributed by atoms with Crippen LogP contribution in [0.5, 0.6) is 0 Å². The van der Waals surface area contributed by atoms with Gasteiger partial charge in [-0.25, -0.2) is 4.99 Å². The van der Waals surface area contributed by atoms with Gasteiger partial charge in [-0.05, 0) is 36.8 Å². The average molecular weight is 432 g/mol. The van der Waals surface area contributed by atoms with Crippen LogP contribution < -0.4 is 10.6 Å². The minimum absolute atomic E-state index is 0.0569. The highest BCUT2D eigenvalue weighted by Crippen LogP contribution is 2.20. The molecule has 0 atom stereocenters. The SMILES string of the molecule is Cc1ccc(NC(=O)CSC2=NC(=N)C(=NC(=O)c3ccco3)C(=O)N2)cc1Cl. The molecule has 0 radical (unpaired) electrons. The zero-order chi connectivity index (χ0) is 21.0. The van der Waals surface area contributed by atoms with E-state index in [1.807, 2.05) is 6.92 Å². The number of hydrogen-bond donors (Lipinski definition) is 3. The number of anilines is 1. The topological polar surface area (TPSA) is 137 Å². The van der Waals surface area contributed by atoms with Crippen molar-refractivity contribution in [1.82, 2.24) is 5.32 Å². The molecule has 1 aromatic heterocycles. The van der Waals surface area contributed by atoms with Crippen LogP contribution in [0.25, 0.3) is 0 Å². The summed E-state index contributed by atoms with van der Waals surface area (Å²) in [4.78, 5) is 43.6. The molecule has 1 aliphatic rings. The lowest BCUT2D eigenvalue weighted by Gasteiger charge is -2.14. The number of carbonyl (C=O) groups excluding carboxylic acids is 3. The quantitative estimate of drug-likeness (QED) is 0.683. The fourth-order valence-electron chi connectivity index (χ4n) is 2.18. The summed E-state index contributed by atoms with van der Waals surface area (Å²) >= 11 is 6.95. The molecule has 0 fully saturated rings. The monoisotopic (exact) mass is 431 g/mol. The first-order valence-corrected chi connectivity index (χ1v) is 9.54. The van der Waals surface area contributed by atoms with E-state index in [0.717, 1.165) is 17.3 Å². The van der Waals surface area contributed by atoms with Gasteiger partial charge in [0, 0.05) is 10.7 Å². The van der Waals surface area contributed by atoms with E-state index in [2.05, 4.69) is 20.6 Å². The standard InChI is InChI=1S/C18H14ClN5O4S/c1-9-4-5-10(7-11(9)19)21-13(25)8-29-18-23-15(20)14(17(27)24-18)22-16(26)12-3-2-6-28-12/h2-7H,8H2,1H3,(H,21,25)(H2,20,23,24,27). The van der Waals surface area contributed by atoms with Crippen molar-refractivity contribution >= 4 is 63.5 Å². The van der Waals surface area contributed by atoms with E-state index in [1.165, 1.54) is 18.4 Å². The number of rotatable bonds is 4. The summed E-state index contributed by atoms with van der Waals surface area (Å²) in [5, 5.41) is 13.5. The summed E-state index contributed by atoms with van der Waals surface area (Å²) in [5.74, 6) is -2.51. The van der Waals surface area contributed by atoms with Crippen molar-refractivity contribution < 1.29 is 18.8 Å². The fourth-order valence-corrected chi connectivity index (χ4v) is 3.02. The van der Waals surface area contributed by atoms with Crippen LogP contribution >= 0.6 is 23.4 Å². The van der Waals surface area contributed by atoms with E-state index >= 15 is 0 Å².